The Morgan fingerprint density at radius 3 is 3.19 bits per heavy atom. The lowest BCUT2D eigenvalue weighted by Crippen LogP contribution is -2.15. The van der Waals surface area contributed by atoms with Crippen molar-refractivity contribution in [3.63, 3.8) is 0 Å². The topological polar surface area (TPSA) is 22.1 Å². The van der Waals surface area contributed by atoms with Crippen LogP contribution < -0.4 is 0 Å². The van der Waals surface area contributed by atoms with E-state index in [4.69, 9.17) is 16.3 Å². The van der Waals surface area contributed by atoms with Crippen LogP contribution in [0.15, 0.2) is 18.3 Å². The predicted octanol–water partition coefficient (Wildman–Crippen LogP) is 3.11. The van der Waals surface area contributed by atoms with E-state index in [0.717, 1.165) is 31.6 Å². The number of hydrogen-bond acceptors (Lipinski definition) is 2. The Balaban J connectivity index is 1.86. The lowest BCUT2D eigenvalue weighted by molar-refractivity contribution is 0.103. The van der Waals surface area contributed by atoms with Gasteiger partial charge in [-0.3, -0.25) is 4.98 Å². The van der Waals surface area contributed by atoms with E-state index in [2.05, 4.69) is 18.0 Å². The van der Waals surface area contributed by atoms with Gasteiger partial charge in [0.25, 0.3) is 0 Å². The Morgan fingerprint density at radius 1 is 1.62 bits per heavy atom. The maximum Gasteiger partial charge on any atom is 0.0590 e. The average molecular weight is 240 g/mol. The molecule has 2 nitrogen and oxygen atoms in total. The molecular formula is C13H18ClNO. The molecule has 2 heterocycles. The summed E-state index contributed by atoms with van der Waals surface area (Å²) in [6.07, 6.45) is 6.32. The fraction of sp³-hybridized carbons (Fsp3) is 0.615. The smallest absolute Gasteiger partial charge is 0.0590 e. The third-order valence-electron chi connectivity index (χ3n) is 3.08. The second kappa shape index (κ2) is 5.65. The first-order valence-electron chi connectivity index (χ1n) is 5.92. The van der Waals surface area contributed by atoms with E-state index in [1.54, 1.807) is 0 Å². The maximum atomic E-state index is 6.35. The van der Waals surface area contributed by atoms with Crippen LogP contribution in [0.2, 0.25) is 0 Å². The number of pyridine rings is 1. The van der Waals surface area contributed by atoms with Crippen molar-refractivity contribution >= 4 is 11.6 Å². The first-order chi connectivity index (χ1) is 7.75. The fourth-order valence-corrected chi connectivity index (χ4v) is 2.49. The average Bonchev–Trinajstić information content (AvgIpc) is 2.74. The van der Waals surface area contributed by atoms with Crippen molar-refractivity contribution < 1.29 is 4.74 Å². The number of hydrogen-bond donors (Lipinski definition) is 0. The lowest BCUT2D eigenvalue weighted by atomic mass is 10.0. The molecule has 2 rings (SSSR count). The molecule has 1 saturated heterocycles. The predicted molar refractivity (Wildman–Crippen MR) is 65.9 cm³/mol. The fourth-order valence-electron chi connectivity index (χ4n) is 2.14. The Hall–Kier alpha value is -0.600. The van der Waals surface area contributed by atoms with Gasteiger partial charge in [0.15, 0.2) is 0 Å². The molecule has 88 valence electrons. The molecule has 0 N–H and O–H groups in total. The van der Waals surface area contributed by atoms with Crippen LogP contribution >= 0.6 is 11.6 Å². The Bertz CT molecular complexity index is 336. The summed E-state index contributed by atoms with van der Waals surface area (Å²) in [5, 5.41) is 0.136. The van der Waals surface area contributed by atoms with Gasteiger partial charge in [0.2, 0.25) is 0 Å². The summed E-state index contributed by atoms with van der Waals surface area (Å²) < 4.78 is 5.59. The van der Waals surface area contributed by atoms with E-state index in [0.29, 0.717) is 6.10 Å². The van der Waals surface area contributed by atoms with Gasteiger partial charge in [-0.1, -0.05) is 6.07 Å². The second-order valence-electron chi connectivity index (χ2n) is 4.44. The molecule has 1 aliphatic rings. The summed E-state index contributed by atoms with van der Waals surface area (Å²) in [6, 6.07) is 4.04. The number of aryl methyl sites for hydroxylation is 1. The molecule has 1 aromatic rings. The van der Waals surface area contributed by atoms with Crippen molar-refractivity contribution in [2.45, 2.75) is 44.1 Å². The molecule has 0 spiro atoms. The van der Waals surface area contributed by atoms with Crippen molar-refractivity contribution in [2.75, 3.05) is 6.61 Å². The molecule has 16 heavy (non-hydrogen) atoms. The summed E-state index contributed by atoms with van der Waals surface area (Å²) in [7, 11) is 0. The second-order valence-corrected chi connectivity index (χ2v) is 5.06. The van der Waals surface area contributed by atoms with Gasteiger partial charge >= 0.3 is 0 Å². The molecule has 0 aromatic carbocycles. The van der Waals surface area contributed by atoms with Gasteiger partial charge in [0.1, 0.15) is 0 Å². The highest BCUT2D eigenvalue weighted by Gasteiger charge is 2.20. The quantitative estimate of drug-likeness (QED) is 0.754. The minimum absolute atomic E-state index is 0.136. The van der Waals surface area contributed by atoms with Crippen LogP contribution in [0.3, 0.4) is 0 Å². The van der Waals surface area contributed by atoms with Gasteiger partial charge in [-0.05, 0) is 37.8 Å². The van der Waals surface area contributed by atoms with E-state index in [1.165, 1.54) is 12.0 Å². The molecule has 0 amide bonds. The molecule has 1 aromatic heterocycles. The summed E-state index contributed by atoms with van der Waals surface area (Å²) in [4.78, 5) is 4.37. The highest BCUT2D eigenvalue weighted by Crippen LogP contribution is 2.21. The molecule has 0 saturated carbocycles. The number of ether oxygens (including phenoxy) is 1. The van der Waals surface area contributed by atoms with Gasteiger partial charge in [-0.2, -0.15) is 0 Å². The largest absolute Gasteiger partial charge is 0.378 e. The molecular weight excluding hydrogens is 222 g/mol. The number of rotatable bonds is 4. The zero-order valence-electron chi connectivity index (χ0n) is 9.66. The Kier molecular flexibility index (Phi) is 4.19. The normalized spacial score (nSPS) is 22.2. The van der Waals surface area contributed by atoms with Gasteiger partial charge in [0.05, 0.1) is 6.10 Å². The molecule has 0 radical (unpaired) electrons. The first-order valence-corrected chi connectivity index (χ1v) is 6.35. The lowest BCUT2D eigenvalue weighted by Gasteiger charge is -2.14. The maximum absolute atomic E-state index is 6.35. The molecule has 1 aliphatic heterocycles. The first kappa shape index (κ1) is 11.9. The highest BCUT2D eigenvalue weighted by atomic mass is 35.5. The van der Waals surface area contributed by atoms with E-state index >= 15 is 0 Å². The number of aromatic nitrogens is 1. The third-order valence-corrected chi connectivity index (χ3v) is 3.41. The molecule has 0 aliphatic carbocycles. The third kappa shape index (κ3) is 3.19. The van der Waals surface area contributed by atoms with Gasteiger partial charge in [-0.15, -0.1) is 11.6 Å². The van der Waals surface area contributed by atoms with Crippen LogP contribution in [-0.4, -0.2) is 23.1 Å². The monoisotopic (exact) mass is 239 g/mol. The van der Waals surface area contributed by atoms with Crippen LogP contribution in [0, 0.1) is 6.92 Å². The van der Waals surface area contributed by atoms with E-state index < -0.39 is 0 Å². The Labute approximate surface area is 102 Å². The van der Waals surface area contributed by atoms with Crippen molar-refractivity contribution in [3.05, 3.63) is 29.6 Å². The molecule has 3 heteroatoms. The van der Waals surface area contributed by atoms with Gasteiger partial charge in [-0.25, -0.2) is 0 Å². The highest BCUT2D eigenvalue weighted by molar-refractivity contribution is 6.20. The SMILES string of the molecule is Cc1cccnc1CC(Cl)CC1CCCO1. The zero-order chi connectivity index (χ0) is 11.4. The van der Waals surface area contributed by atoms with Gasteiger partial charge < -0.3 is 4.74 Å². The minimum atomic E-state index is 0.136. The minimum Gasteiger partial charge on any atom is -0.378 e. The molecule has 2 atom stereocenters. The van der Waals surface area contributed by atoms with E-state index in [9.17, 15) is 0 Å². The number of nitrogens with zero attached hydrogens (tertiary/aromatic N) is 1. The van der Waals surface area contributed by atoms with Crippen LogP contribution in [0.1, 0.15) is 30.5 Å². The van der Waals surface area contributed by atoms with E-state index in [1.807, 2.05) is 12.3 Å². The number of alkyl halides is 1. The summed E-state index contributed by atoms with van der Waals surface area (Å²) in [5.41, 5.74) is 2.33. The van der Waals surface area contributed by atoms with Crippen LogP contribution in [0.4, 0.5) is 0 Å². The van der Waals surface area contributed by atoms with Crippen LogP contribution in [0.25, 0.3) is 0 Å². The zero-order valence-corrected chi connectivity index (χ0v) is 10.4. The van der Waals surface area contributed by atoms with Crippen molar-refractivity contribution in [1.82, 2.24) is 4.98 Å². The molecule has 2 unspecified atom stereocenters. The van der Waals surface area contributed by atoms with Crippen molar-refractivity contribution in [1.29, 1.82) is 0 Å². The summed E-state index contributed by atoms with van der Waals surface area (Å²) in [5.74, 6) is 0. The molecule has 1 fully saturated rings. The van der Waals surface area contributed by atoms with Crippen LogP contribution in [0.5, 0.6) is 0 Å². The standard InChI is InChI=1S/C13H18ClNO/c1-10-4-2-6-15-13(10)9-11(14)8-12-5-3-7-16-12/h2,4,6,11-12H,3,5,7-9H2,1H3. The van der Waals surface area contributed by atoms with Gasteiger partial charge in [0, 0.05) is 30.3 Å². The molecule has 0 bridgehead atoms. The van der Waals surface area contributed by atoms with Crippen molar-refractivity contribution in [3.8, 4) is 0 Å². The van der Waals surface area contributed by atoms with E-state index in [-0.39, 0.29) is 5.38 Å². The van der Waals surface area contributed by atoms with Crippen molar-refractivity contribution in [2.24, 2.45) is 0 Å². The number of halogens is 1. The summed E-state index contributed by atoms with van der Waals surface area (Å²) >= 11 is 6.35. The van der Waals surface area contributed by atoms with Crippen LogP contribution in [-0.2, 0) is 11.2 Å². The summed E-state index contributed by atoms with van der Waals surface area (Å²) in [6.45, 7) is 2.98. The Morgan fingerprint density at radius 2 is 2.50 bits per heavy atom.